The molecular weight excluding hydrogens is 386 g/mol. The number of anilines is 1. The number of rotatable bonds is 4. The molecule has 3 rings (SSSR count). The van der Waals surface area contributed by atoms with Crippen molar-refractivity contribution in [1.29, 1.82) is 0 Å². The van der Waals surface area contributed by atoms with Gasteiger partial charge in [0.25, 0.3) is 11.5 Å². The Hall–Kier alpha value is -3.34. The van der Waals surface area contributed by atoms with Gasteiger partial charge in [-0.3, -0.25) is 24.0 Å². The number of pyridine rings is 1. The number of esters is 1. The molecule has 3 aromatic heterocycles. The van der Waals surface area contributed by atoms with E-state index in [4.69, 9.17) is 4.74 Å². The van der Waals surface area contributed by atoms with Crippen LogP contribution in [-0.4, -0.2) is 37.6 Å². The van der Waals surface area contributed by atoms with Crippen molar-refractivity contribution in [1.82, 2.24) is 19.1 Å². The number of carbonyl (C=O) groups is 2. The van der Waals surface area contributed by atoms with Crippen LogP contribution in [0, 0.1) is 6.92 Å². The summed E-state index contributed by atoms with van der Waals surface area (Å²) in [6.07, 6.45) is 0. The standard InChI is InChI=1S/C17H17N5O5S/c1-5-27-15(25)11-8(2)18-16(28-11)20-13(23)10-7-6-9-12(19-10)21(3)17(26)22(4)14(9)24/h6-7H,5H2,1-4H3,(H,18,20,23). The summed E-state index contributed by atoms with van der Waals surface area (Å²) in [7, 11) is 2.84. The van der Waals surface area contributed by atoms with Gasteiger partial charge in [-0.15, -0.1) is 0 Å². The van der Waals surface area contributed by atoms with Crippen molar-refractivity contribution < 1.29 is 14.3 Å². The lowest BCUT2D eigenvalue weighted by Crippen LogP contribution is -2.37. The molecule has 1 amide bonds. The van der Waals surface area contributed by atoms with Crippen LogP contribution >= 0.6 is 11.3 Å². The van der Waals surface area contributed by atoms with Gasteiger partial charge in [0.1, 0.15) is 16.2 Å². The van der Waals surface area contributed by atoms with Crippen LogP contribution in [0.2, 0.25) is 0 Å². The topological polar surface area (TPSA) is 125 Å². The fraction of sp³-hybridized carbons (Fsp3) is 0.294. The van der Waals surface area contributed by atoms with Crippen molar-refractivity contribution in [2.75, 3.05) is 11.9 Å². The van der Waals surface area contributed by atoms with E-state index in [2.05, 4.69) is 15.3 Å². The molecular formula is C17H17N5O5S. The van der Waals surface area contributed by atoms with Crippen LogP contribution in [0.15, 0.2) is 21.7 Å². The number of carbonyl (C=O) groups excluding carboxylic acids is 2. The molecule has 10 nitrogen and oxygen atoms in total. The van der Waals surface area contributed by atoms with E-state index < -0.39 is 23.1 Å². The second-order valence-corrected chi connectivity index (χ2v) is 6.88. The molecule has 0 radical (unpaired) electrons. The maximum atomic E-state index is 12.5. The molecule has 0 aromatic carbocycles. The summed E-state index contributed by atoms with van der Waals surface area (Å²) in [6, 6.07) is 2.83. The van der Waals surface area contributed by atoms with E-state index in [1.807, 2.05) is 0 Å². The minimum Gasteiger partial charge on any atom is -0.462 e. The molecule has 0 saturated carbocycles. The normalized spacial score (nSPS) is 10.9. The second-order valence-electron chi connectivity index (χ2n) is 5.88. The number of nitrogens with zero attached hydrogens (tertiary/aromatic N) is 4. The first kappa shape index (κ1) is 19.4. The van der Waals surface area contributed by atoms with Crippen LogP contribution in [0.25, 0.3) is 11.0 Å². The van der Waals surface area contributed by atoms with E-state index in [9.17, 15) is 19.2 Å². The third kappa shape index (κ3) is 3.31. The third-order valence-electron chi connectivity index (χ3n) is 4.01. The van der Waals surface area contributed by atoms with Crippen molar-refractivity contribution in [3.8, 4) is 0 Å². The number of hydrogen-bond donors (Lipinski definition) is 1. The number of fused-ring (bicyclic) bond motifs is 1. The van der Waals surface area contributed by atoms with Crippen molar-refractivity contribution >= 4 is 39.4 Å². The highest BCUT2D eigenvalue weighted by molar-refractivity contribution is 7.17. The van der Waals surface area contributed by atoms with E-state index in [1.165, 1.54) is 30.8 Å². The van der Waals surface area contributed by atoms with Crippen LogP contribution < -0.4 is 16.6 Å². The van der Waals surface area contributed by atoms with E-state index in [-0.39, 0.29) is 28.5 Å². The summed E-state index contributed by atoms with van der Waals surface area (Å²) in [5.41, 5.74) is -0.495. The molecule has 0 unspecified atom stereocenters. The summed E-state index contributed by atoms with van der Waals surface area (Å²) >= 11 is 0.990. The first-order valence-corrected chi connectivity index (χ1v) is 9.09. The Kier molecular flexibility index (Phi) is 5.10. The Morgan fingerprint density at radius 2 is 1.89 bits per heavy atom. The zero-order valence-electron chi connectivity index (χ0n) is 15.6. The van der Waals surface area contributed by atoms with E-state index in [0.29, 0.717) is 10.6 Å². The Morgan fingerprint density at radius 1 is 1.18 bits per heavy atom. The minimum atomic E-state index is -0.584. The average molecular weight is 403 g/mol. The smallest absolute Gasteiger partial charge is 0.350 e. The number of aromatic nitrogens is 4. The van der Waals surface area contributed by atoms with Crippen LogP contribution in [0.3, 0.4) is 0 Å². The summed E-state index contributed by atoms with van der Waals surface area (Å²) < 4.78 is 7.11. The number of hydrogen-bond acceptors (Lipinski definition) is 8. The van der Waals surface area contributed by atoms with Gasteiger partial charge in [-0.05, 0) is 26.0 Å². The van der Waals surface area contributed by atoms with E-state index in [1.54, 1.807) is 13.8 Å². The molecule has 0 aliphatic heterocycles. The lowest BCUT2D eigenvalue weighted by molar-refractivity contribution is 0.0531. The van der Waals surface area contributed by atoms with Crippen LogP contribution in [0.5, 0.6) is 0 Å². The van der Waals surface area contributed by atoms with Crippen LogP contribution in [0.1, 0.15) is 32.8 Å². The summed E-state index contributed by atoms with van der Waals surface area (Å²) in [5.74, 6) is -1.09. The SMILES string of the molecule is CCOC(=O)c1sc(NC(=O)c2ccc3c(=O)n(C)c(=O)n(C)c3n2)nc1C. The fourth-order valence-electron chi connectivity index (χ4n) is 2.58. The monoisotopic (exact) mass is 403 g/mol. The molecule has 0 saturated heterocycles. The summed E-state index contributed by atoms with van der Waals surface area (Å²) in [5, 5.41) is 3.00. The molecule has 3 heterocycles. The molecule has 0 aliphatic carbocycles. The van der Waals surface area contributed by atoms with Crippen molar-refractivity contribution in [3.63, 3.8) is 0 Å². The molecule has 0 aliphatic rings. The van der Waals surface area contributed by atoms with Crippen LogP contribution in [-0.2, 0) is 18.8 Å². The lowest BCUT2D eigenvalue weighted by Gasteiger charge is -2.08. The number of nitrogens with one attached hydrogen (secondary N) is 1. The number of aryl methyl sites for hydroxylation is 2. The predicted octanol–water partition coefficient (Wildman–Crippen LogP) is 0.826. The highest BCUT2D eigenvalue weighted by Gasteiger charge is 2.19. The molecule has 0 bridgehead atoms. The van der Waals surface area contributed by atoms with Gasteiger partial charge in [0, 0.05) is 14.1 Å². The minimum absolute atomic E-state index is 0.00120. The Labute approximate surface area is 162 Å². The zero-order chi connectivity index (χ0) is 20.6. The molecule has 28 heavy (non-hydrogen) atoms. The van der Waals surface area contributed by atoms with E-state index >= 15 is 0 Å². The van der Waals surface area contributed by atoms with Crippen LogP contribution in [0.4, 0.5) is 5.13 Å². The van der Waals surface area contributed by atoms with Gasteiger partial charge < -0.3 is 4.74 Å². The molecule has 146 valence electrons. The van der Waals surface area contributed by atoms with Gasteiger partial charge in [0.2, 0.25) is 0 Å². The van der Waals surface area contributed by atoms with Gasteiger partial charge in [-0.25, -0.2) is 19.6 Å². The lowest BCUT2D eigenvalue weighted by atomic mass is 10.2. The summed E-state index contributed by atoms with van der Waals surface area (Å²) in [6.45, 7) is 3.57. The van der Waals surface area contributed by atoms with Crippen molar-refractivity contribution in [3.05, 3.63) is 49.2 Å². The summed E-state index contributed by atoms with van der Waals surface area (Å²) in [4.78, 5) is 57.3. The highest BCUT2D eigenvalue weighted by atomic mass is 32.1. The maximum Gasteiger partial charge on any atom is 0.350 e. The Balaban J connectivity index is 1.95. The average Bonchev–Trinajstić information content (AvgIpc) is 3.04. The Bertz CT molecular complexity index is 1220. The Morgan fingerprint density at radius 3 is 2.57 bits per heavy atom. The van der Waals surface area contributed by atoms with Gasteiger partial charge >= 0.3 is 11.7 Å². The third-order valence-corrected chi connectivity index (χ3v) is 5.07. The fourth-order valence-corrected chi connectivity index (χ4v) is 3.43. The molecule has 0 fully saturated rings. The maximum absolute atomic E-state index is 12.5. The molecule has 1 N–H and O–H groups in total. The zero-order valence-corrected chi connectivity index (χ0v) is 16.4. The van der Waals surface area contributed by atoms with E-state index in [0.717, 1.165) is 15.9 Å². The van der Waals surface area contributed by atoms with Gasteiger partial charge in [0.15, 0.2) is 5.13 Å². The van der Waals surface area contributed by atoms with Crippen molar-refractivity contribution in [2.24, 2.45) is 14.1 Å². The number of ether oxygens (including phenoxy) is 1. The largest absolute Gasteiger partial charge is 0.462 e. The van der Waals surface area contributed by atoms with Gasteiger partial charge in [-0.2, -0.15) is 0 Å². The first-order chi connectivity index (χ1) is 13.2. The molecule has 3 aromatic rings. The molecule has 11 heteroatoms. The van der Waals surface area contributed by atoms with Gasteiger partial charge in [0.05, 0.1) is 17.7 Å². The predicted molar refractivity (Wildman–Crippen MR) is 103 cm³/mol. The number of amides is 1. The highest BCUT2D eigenvalue weighted by Crippen LogP contribution is 2.24. The molecule has 0 atom stereocenters. The van der Waals surface area contributed by atoms with Crippen molar-refractivity contribution in [2.45, 2.75) is 13.8 Å². The number of thiazole rings is 1. The second kappa shape index (κ2) is 7.35. The quantitative estimate of drug-likeness (QED) is 0.640. The first-order valence-electron chi connectivity index (χ1n) is 8.27. The van der Waals surface area contributed by atoms with Gasteiger partial charge in [-0.1, -0.05) is 11.3 Å². The molecule has 0 spiro atoms.